The zero-order valence-corrected chi connectivity index (χ0v) is 22.3. The zero-order valence-electron chi connectivity index (χ0n) is 21.3. The van der Waals surface area contributed by atoms with Crippen molar-refractivity contribution in [3.8, 4) is 11.5 Å². The maximum Gasteiger partial charge on any atom is 0.420 e. The van der Waals surface area contributed by atoms with Gasteiger partial charge in [-0.3, -0.25) is 0 Å². The van der Waals surface area contributed by atoms with Crippen LogP contribution in [-0.2, 0) is 19.8 Å². The summed E-state index contributed by atoms with van der Waals surface area (Å²) in [7, 11) is -0.167. The van der Waals surface area contributed by atoms with Crippen LogP contribution in [0.2, 0.25) is 12.1 Å². The van der Waals surface area contributed by atoms with Crippen molar-refractivity contribution in [2.75, 3.05) is 0 Å². The first-order chi connectivity index (χ1) is 18.1. The first-order valence-corrected chi connectivity index (χ1v) is 15.4. The zero-order chi connectivity index (χ0) is 26.7. The highest BCUT2D eigenvalue weighted by Gasteiger charge is 2.51. The number of aliphatic hydroxyl groups is 1. The number of hydrogen-bond donors (Lipinski definition) is 2. The molecule has 0 unspecified atom stereocenters. The Morgan fingerprint density at radius 2 is 2.00 bits per heavy atom. The van der Waals surface area contributed by atoms with Crippen LogP contribution in [-0.4, -0.2) is 45.1 Å². The van der Waals surface area contributed by atoms with Gasteiger partial charge in [-0.05, 0) is 72.3 Å². The van der Waals surface area contributed by atoms with Crippen molar-refractivity contribution in [1.29, 1.82) is 0 Å². The SMILES string of the molecule is CC1C[Si](c2cccc(-c3nc4cc(CN[C@@H]5CCC[C@@H]5O)cc(C(F)(F)F)c4o3)c2)(c2nncn2C)C1. The summed E-state index contributed by atoms with van der Waals surface area (Å²) in [5, 5.41) is 23.0. The molecule has 0 spiro atoms. The Balaban J connectivity index is 1.37. The van der Waals surface area contributed by atoms with Crippen LogP contribution in [0, 0.1) is 5.92 Å². The quantitative estimate of drug-likeness (QED) is 0.361. The fraction of sp³-hybridized carbons (Fsp3) is 0.444. The van der Waals surface area contributed by atoms with Gasteiger partial charge in [0.05, 0.1) is 6.10 Å². The summed E-state index contributed by atoms with van der Waals surface area (Å²) in [6, 6.07) is 12.6. The Morgan fingerprint density at radius 3 is 2.66 bits per heavy atom. The van der Waals surface area contributed by atoms with E-state index in [1.165, 1.54) is 0 Å². The highest BCUT2D eigenvalue weighted by atomic mass is 28.3. The number of nitrogens with zero attached hydrogens (tertiary/aromatic N) is 4. The number of aryl methyl sites for hydroxylation is 1. The number of oxazole rings is 1. The second-order valence-electron chi connectivity index (χ2n) is 10.9. The number of hydrogen-bond acceptors (Lipinski definition) is 6. The smallest absolute Gasteiger partial charge is 0.420 e. The van der Waals surface area contributed by atoms with Gasteiger partial charge in [0.1, 0.15) is 22.9 Å². The molecule has 4 aromatic rings. The number of alkyl halides is 3. The van der Waals surface area contributed by atoms with Gasteiger partial charge in [0.2, 0.25) is 5.89 Å². The Kier molecular flexibility index (Phi) is 6.19. The van der Waals surface area contributed by atoms with E-state index in [-0.39, 0.29) is 29.6 Å². The highest BCUT2D eigenvalue weighted by molar-refractivity contribution is 7.03. The van der Waals surface area contributed by atoms with Crippen LogP contribution < -0.4 is 16.0 Å². The molecule has 11 heteroatoms. The Labute approximate surface area is 219 Å². The van der Waals surface area contributed by atoms with E-state index in [1.807, 2.05) is 29.8 Å². The van der Waals surface area contributed by atoms with Crippen LogP contribution in [0.25, 0.3) is 22.6 Å². The predicted molar refractivity (Wildman–Crippen MR) is 140 cm³/mol. The van der Waals surface area contributed by atoms with E-state index in [9.17, 15) is 18.3 Å². The van der Waals surface area contributed by atoms with E-state index >= 15 is 0 Å². The monoisotopic (exact) mass is 541 g/mol. The molecule has 200 valence electrons. The number of halogens is 3. The lowest BCUT2D eigenvalue weighted by molar-refractivity contribution is -0.136. The molecule has 2 N–H and O–H groups in total. The van der Waals surface area contributed by atoms with Gasteiger partial charge >= 0.3 is 6.18 Å². The Hall–Kier alpha value is -3.02. The van der Waals surface area contributed by atoms with Gasteiger partial charge in [-0.2, -0.15) is 13.2 Å². The van der Waals surface area contributed by atoms with Gasteiger partial charge < -0.3 is 19.4 Å². The molecule has 2 aromatic carbocycles. The van der Waals surface area contributed by atoms with Crippen LogP contribution >= 0.6 is 0 Å². The molecule has 1 saturated heterocycles. The Morgan fingerprint density at radius 1 is 1.18 bits per heavy atom. The molecule has 2 aromatic heterocycles. The average Bonchev–Trinajstić information content (AvgIpc) is 3.59. The summed E-state index contributed by atoms with van der Waals surface area (Å²) >= 11 is 0. The molecule has 1 saturated carbocycles. The molecule has 1 aliphatic heterocycles. The molecular formula is C27H30F3N5O2Si. The summed E-state index contributed by atoms with van der Waals surface area (Å²) in [6.07, 6.45) is -0.940. The van der Waals surface area contributed by atoms with Gasteiger partial charge in [-0.25, -0.2) is 4.98 Å². The predicted octanol–water partition coefficient (Wildman–Crippen LogP) is 3.86. The first-order valence-electron chi connectivity index (χ1n) is 13.0. The number of benzene rings is 2. The molecular weight excluding hydrogens is 511 g/mol. The number of aliphatic hydroxyl groups excluding tert-OH is 1. The lowest BCUT2D eigenvalue weighted by atomic mass is 10.1. The van der Waals surface area contributed by atoms with E-state index in [0.29, 0.717) is 23.5 Å². The largest absolute Gasteiger partial charge is 0.435 e. The minimum atomic E-state index is -4.59. The van der Waals surface area contributed by atoms with Crippen LogP contribution in [0.1, 0.15) is 37.3 Å². The Bertz CT molecular complexity index is 1480. The van der Waals surface area contributed by atoms with Crippen molar-refractivity contribution >= 4 is 29.8 Å². The summed E-state index contributed by atoms with van der Waals surface area (Å²) < 4.78 is 50.0. The summed E-state index contributed by atoms with van der Waals surface area (Å²) in [5.41, 5.74) is 1.17. The molecule has 2 aliphatic rings. The highest BCUT2D eigenvalue weighted by Crippen LogP contribution is 2.39. The molecule has 6 rings (SSSR count). The van der Waals surface area contributed by atoms with Crippen molar-refractivity contribution in [2.45, 2.75) is 63.1 Å². The average molecular weight is 542 g/mol. The van der Waals surface area contributed by atoms with Crippen LogP contribution in [0.4, 0.5) is 13.2 Å². The fourth-order valence-electron chi connectivity index (χ4n) is 6.30. The molecule has 2 atom stereocenters. The molecule has 1 aliphatic carbocycles. The maximum atomic E-state index is 14.1. The number of aromatic nitrogens is 4. The molecule has 7 nitrogen and oxygen atoms in total. The number of nitrogens with one attached hydrogen (secondary N) is 1. The molecule has 3 heterocycles. The van der Waals surface area contributed by atoms with Crippen molar-refractivity contribution in [3.05, 3.63) is 53.9 Å². The standard InChI is InChI=1S/C27H30F3N5O2Si/c1-16-13-38(14-16,26-34-32-15-35(26)2)19-6-3-5-18(11-19)25-33-22-10-17(12-31-21-7-4-8-23(21)36)9-20(24(22)37-25)27(28,29)30/h3,5-6,9-11,15-16,21,23,31,36H,4,7-8,12-14H2,1-2H3/t16?,21-,23+,38?/m1/s1. The van der Waals surface area contributed by atoms with E-state index in [0.717, 1.165) is 41.6 Å². The minimum absolute atomic E-state index is 0.115. The van der Waals surface area contributed by atoms with Crippen molar-refractivity contribution in [1.82, 2.24) is 25.1 Å². The molecule has 0 amide bonds. The minimum Gasteiger partial charge on any atom is -0.435 e. The second-order valence-corrected chi connectivity index (χ2v) is 14.9. The van der Waals surface area contributed by atoms with Crippen molar-refractivity contribution < 1.29 is 22.7 Å². The first kappa shape index (κ1) is 25.3. The number of rotatable bonds is 6. The molecule has 38 heavy (non-hydrogen) atoms. The van der Waals surface area contributed by atoms with Crippen LogP contribution in [0.5, 0.6) is 0 Å². The topological polar surface area (TPSA) is 89.0 Å². The van der Waals surface area contributed by atoms with Gasteiger partial charge in [-0.1, -0.05) is 19.1 Å². The number of fused-ring (bicyclic) bond motifs is 1. The third-order valence-corrected chi connectivity index (χ3v) is 13.6. The second kappa shape index (κ2) is 9.32. The van der Waals surface area contributed by atoms with Crippen molar-refractivity contribution in [2.24, 2.45) is 13.0 Å². The molecule has 0 bridgehead atoms. The normalized spacial score (nSPS) is 25.7. The van der Waals surface area contributed by atoms with Gasteiger partial charge in [-0.15, -0.1) is 10.2 Å². The van der Waals surface area contributed by atoms with E-state index < -0.39 is 25.9 Å². The summed E-state index contributed by atoms with van der Waals surface area (Å²) in [5.74, 6) is 0.747. The van der Waals surface area contributed by atoms with Gasteiger partial charge in [0.25, 0.3) is 0 Å². The summed E-state index contributed by atoms with van der Waals surface area (Å²) in [4.78, 5) is 4.51. The third-order valence-electron chi connectivity index (χ3n) is 8.10. The van der Waals surface area contributed by atoms with Gasteiger partial charge in [0.15, 0.2) is 13.7 Å². The van der Waals surface area contributed by atoms with Gasteiger partial charge in [0, 0.05) is 25.2 Å². The third kappa shape index (κ3) is 4.36. The van der Waals surface area contributed by atoms with E-state index in [1.54, 1.807) is 12.4 Å². The maximum absolute atomic E-state index is 14.1. The fourth-order valence-corrected chi connectivity index (χ4v) is 11.5. The summed E-state index contributed by atoms with van der Waals surface area (Å²) in [6.45, 7) is 2.44. The lowest BCUT2D eigenvalue weighted by Crippen LogP contribution is -2.68. The van der Waals surface area contributed by atoms with E-state index in [4.69, 9.17) is 4.42 Å². The van der Waals surface area contributed by atoms with Crippen molar-refractivity contribution in [3.63, 3.8) is 0 Å². The molecule has 2 fully saturated rings. The van der Waals surface area contributed by atoms with Crippen LogP contribution in [0.15, 0.2) is 47.1 Å². The van der Waals surface area contributed by atoms with E-state index in [2.05, 4.69) is 33.5 Å². The molecule has 0 radical (unpaired) electrons. The lowest BCUT2D eigenvalue weighted by Gasteiger charge is -2.43. The van der Waals surface area contributed by atoms with Crippen LogP contribution in [0.3, 0.4) is 0 Å².